The average molecular weight is 899 g/mol. The number of carbonyl (C=O) groups is 2. The van der Waals surface area contributed by atoms with Crippen LogP contribution in [0.4, 0.5) is 31.0 Å². The number of benzene rings is 2. The van der Waals surface area contributed by atoms with Crippen LogP contribution < -0.4 is 21.7 Å². The van der Waals surface area contributed by atoms with Crippen LogP contribution in [0.3, 0.4) is 0 Å². The van der Waals surface area contributed by atoms with Gasteiger partial charge in [0, 0.05) is 61.7 Å². The van der Waals surface area contributed by atoms with Crippen molar-refractivity contribution in [2.24, 2.45) is 16.6 Å². The lowest BCUT2D eigenvalue weighted by molar-refractivity contribution is 0.0229. The monoisotopic (exact) mass is 899 g/mol. The predicted molar refractivity (Wildman–Crippen MR) is 254 cm³/mol. The van der Waals surface area contributed by atoms with Crippen molar-refractivity contribution in [1.29, 1.82) is 10.5 Å². The zero-order valence-electron chi connectivity index (χ0n) is 40.3. The number of hydrogen-bond donors (Lipinski definition) is 4. The van der Waals surface area contributed by atoms with Crippen molar-refractivity contribution in [3.05, 3.63) is 53.3 Å². The van der Waals surface area contributed by atoms with Gasteiger partial charge in [0.05, 0.1) is 16.8 Å². The predicted octanol–water partition coefficient (Wildman–Crippen LogP) is 8.20. The topological polar surface area (TPSA) is 175 Å². The van der Waals surface area contributed by atoms with Crippen molar-refractivity contribution in [1.82, 2.24) is 19.6 Å². The number of likely N-dealkylation sites (tertiary alicyclic amines) is 4. The minimum atomic E-state index is -0.501. The Morgan fingerprint density at radius 3 is 1.51 bits per heavy atom. The summed E-state index contributed by atoms with van der Waals surface area (Å²) in [4.78, 5) is 32.9. The summed E-state index contributed by atoms with van der Waals surface area (Å²) in [5.41, 5.74) is 8.54. The van der Waals surface area contributed by atoms with E-state index in [1.165, 1.54) is 38.1 Å². The Bertz CT molecular complexity index is 2020. The Hall–Kier alpha value is -4.83. The van der Waals surface area contributed by atoms with Gasteiger partial charge < -0.3 is 50.8 Å². The van der Waals surface area contributed by atoms with E-state index in [9.17, 15) is 19.2 Å². The number of nitriles is 2. The molecule has 15 heteroatoms. The number of piperidine rings is 2. The second kappa shape index (κ2) is 20.8. The highest BCUT2D eigenvalue weighted by Crippen LogP contribution is 2.50. The van der Waals surface area contributed by atoms with Crippen LogP contribution in [0.5, 0.6) is 0 Å². The number of nitrogens with two attached hydrogens (primary N) is 1. The van der Waals surface area contributed by atoms with E-state index in [0.29, 0.717) is 29.4 Å². The van der Waals surface area contributed by atoms with Gasteiger partial charge in [-0.15, -0.1) is 0 Å². The van der Waals surface area contributed by atoms with Crippen LogP contribution in [0, 0.1) is 39.3 Å². The van der Waals surface area contributed by atoms with E-state index in [-0.39, 0.29) is 34.6 Å². The molecule has 2 spiro atoms. The van der Waals surface area contributed by atoms with Gasteiger partial charge in [0.25, 0.3) is 0 Å². The lowest BCUT2D eigenvalue weighted by Crippen LogP contribution is -2.47. The van der Waals surface area contributed by atoms with Gasteiger partial charge in [-0.3, -0.25) is 0 Å². The van der Waals surface area contributed by atoms with E-state index in [1.54, 1.807) is 11.0 Å². The molecule has 0 aromatic heterocycles. The van der Waals surface area contributed by atoms with Crippen molar-refractivity contribution in [2.45, 2.75) is 141 Å². The minimum Gasteiger partial charge on any atom is -0.444 e. The molecule has 0 bridgehead atoms. The maximum Gasteiger partial charge on any atom is 0.410 e. The van der Waals surface area contributed by atoms with Crippen molar-refractivity contribution >= 4 is 29.2 Å². The normalized spacial score (nSPS) is 26.0. The summed E-state index contributed by atoms with van der Waals surface area (Å²) >= 11 is 0. The number of anilines is 3. The molecule has 6 aliphatic rings. The van der Waals surface area contributed by atoms with Crippen LogP contribution in [0.25, 0.3) is 0 Å². The first-order valence-electron chi connectivity index (χ1n) is 23.8. The first-order chi connectivity index (χ1) is 30.6. The fourth-order valence-corrected chi connectivity index (χ4v) is 10.1. The van der Waals surface area contributed by atoms with Gasteiger partial charge in [0.15, 0.2) is 0 Å². The second-order valence-electron chi connectivity index (χ2n) is 21.8. The van der Waals surface area contributed by atoms with Crippen molar-refractivity contribution < 1.29 is 23.5 Å². The maximum atomic E-state index is 13.7. The zero-order valence-corrected chi connectivity index (χ0v) is 40.3. The largest absolute Gasteiger partial charge is 0.444 e. The molecule has 65 heavy (non-hydrogen) atoms. The Balaban J connectivity index is 0.000000188. The first kappa shape index (κ1) is 49.6. The molecular weight excluding hydrogens is 824 g/mol. The fraction of sp³-hybridized carbons (Fsp3) is 0.680. The molecule has 4 heterocycles. The Morgan fingerprint density at radius 1 is 0.662 bits per heavy atom. The molecule has 8 rings (SSSR count). The highest BCUT2D eigenvalue weighted by Gasteiger charge is 2.51. The molecule has 356 valence electrons. The minimum absolute atomic E-state index is 0.0550. The third kappa shape index (κ3) is 14.1. The summed E-state index contributed by atoms with van der Waals surface area (Å²) in [5.74, 6) is -0.501. The smallest absolute Gasteiger partial charge is 0.410 e. The van der Waals surface area contributed by atoms with E-state index >= 15 is 0 Å². The van der Waals surface area contributed by atoms with Gasteiger partial charge in [-0.05, 0) is 193 Å². The number of nitrogens with zero attached hydrogens (tertiary/aromatic N) is 6. The molecule has 4 aliphatic heterocycles. The van der Waals surface area contributed by atoms with Gasteiger partial charge in [-0.1, -0.05) is 0 Å². The van der Waals surface area contributed by atoms with Crippen LogP contribution in [0.2, 0.25) is 0 Å². The van der Waals surface area contributed by atoms with Gasteiger partial charge in [-0.25, -0.2) is 14.0 Å². The fourth-order valence-electron chi connectivity index (χ4n) is 10.1. The summed E-state index contributed by atoms with van der Waals surface area (Å²) < 4.78 is 24.7. The van der Waals surface area contributed by atoms with Crippen LogP contribution in [0.1, 0.15) is 117 Å². The molecule has 0 atom stereocenters. The molecule has 4 saturated heterocycles. The Labute approximate surface area is 387 Å². The first-order valence-corrected chi connectivity index (χ1v) is 23.8. The highest BCUT2D eigenvalue weighted by atomic mass is 19.1. The molecule has 2 aromatic rings. The molecule has 2 saturated carbocycles. The van der Waals surface area contributed by atoms with E-state index in [4.69, 9.17) is 20.5 Å². The molecule has 2 aromatic carbocycles. The zero-order chi connectivity index (χ0) is 47.2. The number of ether oxygens (including phenoxy) is 2. The van der Waals surface area contributed by atoms with Crippen LogP contribution in [0.15, 0.2) is 36.4 Å². The van der Waals surface area contributed by atoms with Gasteiger partial charge in [0.1, 0.15) is 29.2 Å². The molecular formula is C50H75FN10O4. The van der Waals surface area contributed by atoms with Crippen molar-refractivity contribution in [2.75, 3.05) is 82.4 Å². The number of hydrogen-bond acceptors (Lipinski definition) is 12. The van der Waals surface area contributed by atoms with Gasteiger partial charge in [0.2, 0.25) is 0 Å². The summed E-state index contributed by atoms with van der Waals surface area (Å²) in [6.45, 7) is 18.9. The lowest BCUT2D eigenvalue weighted by Gasteiger charge is -2.45. The Morgan fingerprint density at radius 2 is 1.09 bits per heavy atom. The lowest BCUT2D eigenvalue weighted by atomic mass is 9.65. The quantitative estimate of drug-likeness (QED) is 0.219. The summed E-state index contributed by atoms with van der Waals surface area (Å²) in [7, 11) is 4.30. The third-order valence-electron chi connectivity index (χ3n) is 13.7. The van der Waals surface area contributed by atoms with Crippen LogP contribution in [-0.4, -0.2) is 134 Å². The SMILES string of the molecule is CC(C)(C)OC(=O)N1CCC2(CC(Nc3ccc(C#N)c(F)c3)C2)C1.CN1CCC(N)CC1.CN1CCC(Nc2cc(NC3CC4(CCN(C(=O)OC(C)(C)C)C4)C3)ccc2C#N)CC1. The number of halogens is 1. The number of amides is 2. The summed E-state index contributed by atoms with van der Waals surface area (Å²) in [6.07, 6.45) is 10.2. The molecule has 6 fully saturated rings. The standard InChI is InChI=1S/C25H37N5O2.C19H24FN3O2.C6H14N2/c1-24(2,3)32-23(31)30-12-9-25(17-30)14-21(15-25)27-20-6-5-18(16-26)22(13-20)28-19-7-10-29(4)11-8-19;1-18(2,3)25-17(24)23-7-6-19(12-23)9-15(10-19)22-14-5-4-13(11-21)16(20)8-14;1-8-4-2-6(7)3-5-8/h5-6,13,19,21,27-28H,7-12,14-15,17H2,1-4H3;4-5,8,15,22H,6-7,9-10,12H2,1-3H3;6H,2-5,7H2,1H3. The van der Waals surface area contributed by atoms with Gasteiger partial charge >= 0.3 is 12.2 Å². The maximum absolute atomic E-state index is 13.7. The van der Waals surface area contributed by atoms with E-state index in [1.807, 2.05) is 64.6 Å². The van der Waals surface area contributed by atoms with Gasteiger partial charge in [-0.2, -0.15) is 10.5 Å². The van der Waals surface area contributed by atoms with Crippen molar-refractivity contribution in [3.63, 3.8) is 0 Å². The molecule has 14 nitrogen and oxygen atoms in total. The van der Waals surface area contributed by atoms with Crippen LogP contribution >= 0.6 is 0 Å². The summed E-state index contributed by atoms with van der Waals surface area (Å²) in [5, 5.41) is 28.9. The third-order valence-corrected chi connectivity index (χ3v) is 13.7. The summed E-state index contributed by atoms with van der Waals surface area (Å²) in [6, 6.07) is 16.3. The molecule has 0 radical (unpaired) electrons. The van der Waals surface area contributed by atoms with Crippen molar-refractivity contribution in [3.8, 4) is 12.1 Å². The molecule has 0 unspecified atom stereocenters. The highest BCUT2D eigenvalue weighted by molar-refractivity contribution is 5.69. The average Bonchev–Trinajstić information content (AvgIpc) is 3.86. The number of carbonyl (C=O) groups excluding carboxylic acids is 2. The Kier molecular flexibility index (Phi) is 15.9. The number of nitrogens with one attached hydrogen (secondary N) is 3. The second-order valence-corrected chi connectivity index (χ2v) is 21.8. The van der Waals surface area contributed by atoms with E-state index in [0.717, 1.165) is 102 Å². The molecule has 2 aliphatic carbocycles. The van der Waals surface area contributed by atoms with E-state index < -0.39 is 17.0 Å². The van der Waals surface area contributed by atoms with Crippen LogP contribution in [-0.2, 0) is 9.47 Å². The van der Waals surface area contributed by atoms with E-state index in [2.05, 4.69) is 52.0 Å². The molecule has 5 N–H and O–H groups in total. The molecule has 2 amide bonds. The number of rotatable bonds is 6.